The fourth-order valence-electron chi connectivity index (χ4n) is 2.48. The van der Waals surface area contributed by atoms with Crippen molar-refractivity contribution in [1.29, 1.82) is 0 Å². The highest BCUT2D eigenvalue weighted by Gasteiger charge is 2.52. The van der Waals surface area contributed by atoms with Crippen molar-refractivity contribution >= 4 is 5.97 Å². The van der Waals surface area contributed by atoms with E-state index in [9.17, 15) is 4.79 Å². The lowest BCUT2D eigenvalue weighted by Crippen LogP contribution is -2.59. The molecule has 1 aliphatic carbocycles. The lowest BCUT2D eigenvalue weighted by Gasteiger charge is -2.32. The molecule has 4 heteroatoms. The highest BCUT2D eigenvalue weighted by atomic mass is 16.5. The van der Waals surface area contributed by atoms with Crippen LogP contribution < -0.4 is 10.1 Å². The fourth-order valence-corrected chi connectivity index (χ4v) is 2.48. The quantitative estimate of drug-likeness (QED) is 0.741. The Balaban J connectivity index is 2.10. The zero-order valence-electron chi connectivity index (χ0n) is 12.2. The van der Waals surface area contributed by atoms with E-state index in [-0.39, 0.29) is 5.97 Å². The van der Waals surface area contributed by atoms with Gasteiger partial charge in [0.15, 0.2) is 5.54 Å². The van der Waals surface area contributed by atoms with E-state index >= 15 is 0 Å². The summed E-state index contributed by atoms with van der Waals surface area (Å²) < 4.78 is 11.1. The van der Waals surface area contributed by atoms with Crippen molar-refractivity contribution in [3.05, 3.63) is 30.3 Å². The summed E-state index contributed by atoms with van der Waals surface area (Å²) >= 11 is 0. The minimum atomic E-state index is -0.708. The van der Waals surface area contributed by atoms with Gasteiger partial charge in [0.2, 0.25) is 0 Å². The van der Waals surface area contributed by atoms with Gasteiger partial charge in [-0.05, 0) is 44.4 Å². The number of likely N-dealkylation sites (N-methyl/N-ethyl adjacent to an activating group) is 1. The molecule has 110 valence electrons. The number of hydrogen-bond donors (Lipinski definition) is 1. The summed E-state index contributed by atoms with van der Waals surface area (Å²) in [5.74, 6) is 0.894. The number of esters is 1. The summed E-state index contributed by atoms with van der Waals surface area (Å²) in [7, 11) is 0. The molecule has 0 spiro atoms. The molecular weight excluding hydrogens is 254 g/mol. The summed E-state index contributed by atoms with van der Waals surface area (Å²) in [6.45, 7) is 5.25. The Morgan fingerprint density at radius 2 is 2.00 bits per heavy atom. The van der Waals surface area contributed by atoms with Crippen LogP contribution in [0.25, 0.3) is 0 Å². The number of hydrogen-bond acceptors (Lipinski definition) is 4. The average molecular weight is 277 g/mol. The first-order valence-corrected chi connectivity index (χ1v) is 7.33. The van der Waals surface area contributed by atoms with E-state index in [0.717, 1.165) is 18.6 Å². The van der Waals surface area contributed by atoms with Crippen LogP contribution in [-0.4, -0.2) is 31.3 Å². The van der Waals surface area contributed by atoms with Gasteiger partial charge in [0.1, 0.15) is 12.4 Å². The molecule has 1 unspecified atom stereocenters. The van der Waals surface area contributed by atoms with E-state index in [1.807, 2.05) is 44.2 Å². The van der Waals surface area contributed by atoms with Crippen molar-refractivity contribution < 1.29 is 14.3 Å². The number of carbonyl (C=O) groups is 1. The Hall–Kier alpha value is -1.55. The van der Waals surface area contributed by atoms with Gasteiger partial charge in [-0.1, -0.05) is 25.1 Å². The van der Waals surface area contributed by atoms with E-state index in [2.05, 4.69) is 5.32 Å². The molecule has 1 aromatic rings. The number of carbonyl (C=O) groups excluding carboxylic acids is 1. The molecule has 4 nitrogen and oxygen atoms in total. The average Bonchev–Trinajstić information content (AvgIpc) is 3.30. The molecule has 0 aromatic heterocycles. The van der Waals surface area contributed by atoms with Crippen molar-refractivity contribution in [2.75, 3.05) is 19.8 Å². The van der Waals surface area contributed by atoms with Gasteiger partial charge >= 0.3 is 5.97 Å². The fraction of sp³-hybridized carbons (Fsp3) is 0.562. The Labute approximate surface area is 120 Å². The Bertz CT molecular complexity index is 431. The molecule has 1 saturated carbocycles. The van der Waals surface area contributed by atoms with E-state index in [1.165, 1.54) is 0 Å². The monoisotopic (exact) mass is 277 g/mol. The van der Waals surface area contributed by atoms with Crippen molar-refractivity contribution in [2.24, 2.45) is 5.92 Å². The predicted molar refractivity (Wildman–Crippen MR) is 77.7 cm³/mol. The summed E-state index contributed by atoms with van der Waals surface area (Å²) in [6.07, 6.45) is 2.09. The van der Waals surface area contributed by atoms with Gasteiger partial charge in [0, 0.05) is 0 Å². The van der Waals surface area contributed by atoms with E-state index in [1.54, 1.807) is 0 Å². The van der Waals surface area contributed by atoms with Crippen LogP contribution in [0.3, 0.4) is 0 Å². The summed E-state index contributed by atoms with van der Waals surface area (Å²) in [4.78, 5) is 12.4. The van der Waals surface area contributed by atoms with E-state index in [4.69, 9.17) is 9.47 Å². The molecule has 1 fully saturated rings. The molecule has 0 amide bonds. The molecule has 1 N–H and O–H groups in total. The van der Waals surface area contributed by atoms with Gasteiger partial charge in [-0.25, -0.2) is 4.79 Å². The lowest BCUT2D eigenvalue weighted by atomic mass is 9.94. The minimum absolute atomic E-state index is 0.194. The molecule has 20 heavy (non-hydrogen) atoms. The maximum absolute atomic E-state index is 12.4. The van der Waals surface area contributed by atoms with Gasteiger partial charge in [0.05, 0.1) is 6.61 Å². The van der Waals surface area contributed by atoms with Crippen molar-refractivity contribution in [1.82, 2.24) is 5.32 Å². The van der Waals surface area contributed by atoms with Crippen LogP contribution in [0.5, 0.6) is 5.75 Å². The standard InChI is InChI=1S/C16H23NO3/c1-3-17-16(13-10-11-13,15(18)19-4-2)12-20-14-8-6-5-7-9-14/h5-9,13,17H,3-4,10-12H2,1-2H3. The van der Waals surface area contributed by atoms with Crippen molar-refractivity contribution in [3.8, 4) is 5.75 Å². The number of para-hydroxylation sites is 1. The van der Waals surface area contributed by atoms with E-state index in [0.29, 0.717) is 25.7 Å². The first-order chi connectivity index (χ1) is 9.73. The zero-order chi connectivity index (χ0) is 14.4. The van der Waals surface area contributed by atoms with Gasteiger partial charge in [-0.15, -0.1) is 0 Å². The predicted octanol–water partition coefficient (Wildman–Crippen LogP) is 2.39. The molecule has 0 radical (unpaired) electrons. The van der Waals surface area contributed by atoms with Crippen LogP contribution in [0.1, 0.15) is 26.7 Å². The third-order valence-corrected chi connectivity index (χ3v) is 3.62. The third-order valence-electron chi connectivity index (χ3n) is 3.62. The van der Waals surface area contributed by atoms with Crippen LogP contribution in [0.4, 0.5) is 0 Å². The van der Waals surface area contributed by atoms with E-state index < -0.39 is 5.54 Å². The number of benzene rings is 1. The number of ether oxygens (including phenoxy) is 2. The molecule has 1 atom stereocenters. The van der Waals surface area contributed by atoms with Crippen LogP contribution in [0.2, 0.25) is 0 Å². The minimum Gasteiger partial charge on any atom is -0.491 e. The molecule has 0 heterocycles. The van der Waals surface area contributed by atoms with Crippen molar-refractivity contribution in [2.45, 2.75) is 32.2 Å². The van der Waals surface area contributed by atoms with Gasteiger partial charge in [-0.3, -0.25) is 5.32 Å². The largest absolute Gasteiger partial charge is 0.491 e. The Morgan fingerprint density at radius 3 is 2.55 bits per heavy atom. The third kappa shape index (κ3) is 3.31. The summed E-state index contributed by atoms with van der Waals surface area (Å²) in [6, 6.07) is 9.58. The normalized spacial score (nSPS) is 17.3. The van der Waals surface area contributed by atoms with Crippen LogP contribution >= 0.6 is 0 Å². The number of nitrogens with one attached hydrogen (secondary N) is 1. The first-order valence-electron chi connectivity index (χ1n) is 7.33. The lowest BCUT2D eigenvalue weighted by molar-refractivity contribution is -0.154. The highest BCUT2D eigenvalue weighted by molar-refractivity contribution is 5.82. The molecule has 0 aliphatic heterocycles. The maximum Gasteiger partial charge on any atom is 0.330 e. The first kappa shape index (κ1) is 14.9. The van der Waals surface area contributed by atoms with Gasteiger partial charge in [0.25, 0.3) is 0 Å². The molecule has 0 bridgehead atoms. The highest BCUT2D eigenvalue weighted by Crippen LogP contribution is 2.41. The van der Waals surface area contributed by atoms with Crippen LogP contribution in [0.15, 0.2) is 30.3 Å². The summed E-state index contributed by atoms with van der Waals surface area (Å²) in [5, 5.41) is 3.31. The second-order valence-electron chi connectivity index (χ2n) is 5.10. The maximum atomic E-state index is 12.4. The topological polar surface area (TPSA) is 47.6 Å². The Morgan fingerprint density at radius 1 is 1.30 bits per heavy atom. The number of rotatable bonds is 8. The van der Waals surface area contributed by atoms with Gasteiger partial charge in [-0.2, -0.15) is 0 Å². The second-order valence-corrected chi connectivity index (χ2v) is 5.10. The molecule has 1 aromatic carbocycles. The van der Waals surface area contributed by atoms with Crippen molar-refractivity contribution in [3.63, 3.8) is 0 Å². The SMILES string of the molecule is CCNC(COc1ccccc1)(C(=O)OCC)C1CC1. The molecule has 2 rings (SSSR count). The van der Waals surface area contributed by atoms with Gasteiger partial charge < -0.3 is 9.47 Å². The van der Waals surface area contributed by atoms with Crippen LogP contribution in [0, 0.1) is 5.92 Å². The summed E-state index contributed by atoms with van der Waals surface area (Å²) in [5.41, 5.74) is -0.708. The second kappa shape index (κ2) is 6.75. The smallest absolute Gasteiger partial charge is 0.330 e. The zero-order valence-corrected chi connectivity index (χ0v) is 12.2. The Kier molecular flexibility index (Phi) is 5.01. The molecular formula is C16H23NO3. The van der Waals surface area contributed by atoms with Crippen LogP contribution in [-0.2, 0) is 9.53 Å². The molecule has 0 saturated heterocycles. The molecule has 1 aliphatic rings.